The third-order valence-electron chi connectivity index (χ3n) is 10.5. The first-order valence-electron chi connectivity index (χ1n) is 21.0. The summed E-state index contributed by atoms with van der Waals surface area (Å²) in [5, 5.41) is 9.12. The fraction of sp³-hybridized carbons (Fsp3) is 0.674. The molecule has 13 nitrogen and oxygen atoms in total. The molecule has 2 amide bonds. The quantitative estimate of drug-likeness (QED) is 0.126. The van der Waals surface area contributed by atoms with Crippen molar-refractivity contribution >= 4 is 46.3 Å². The largest absolute Gasteiger partial charge is 0.444 e. The second kappa shape index (κ2) is 20.0. The Labute approximate surface area is 361 Å². The Balaban J connectivity index is 0.000000182. The number of aromatic amines is 1. The highest BCUT2D eigenvalue weighted by atomic mass is 32.2. The van der Waals surface area contributed by atoms with Gasteiger partial charge < -0.3 is 24.4 Å². The average molecular weight is 875 g/mol. The number of ether oxygens (including phenoxy) is 2. The summed E-state index contributed by atoms with van der Waals surface area (Å²) in [4.78, 5) is 27.8. The summed E-state index contributed by atoms with van der Waals surface area (Å²) in [5.74, 6) is 3.36. The monoisotopic (exact) mass is 874 g/mol. The van der Waals surface area contributed by atoms with E-state index in [1.54, 1.807) is 29.2 Å². The number of H-pyrrole nitrogens is 1. The van der Waals surface area contributed by atoms with Gasteiger partial charge in [-0.3, -0.25) is 13.5 Å². The molecule has 2 saturated heterocycles. The maximum atomic E-state index is 12.2. The molecule has 59 heavy (non-hydrogen) atoms. The number of aryl methyl sites for hydroxylation is 3. The Morgan fingerprint density at radius 2 is 1.31 bits per heavy atom. The van der Waals surface area contributed by atoms with E-state index < -0.39 is 21.3 Å². The molecule has 4 aliphatic rings. The normalized spacial score (nSPS) is 18.1. The number of hydrogen-bond donors (Lipinski definition) is 1. The lowest BCUT2D eigenvalue weighted by Gasteiger charge is -2.33. The van der Waals surface area contributed by atoms with Crippen molar-refractivity contribution in [1.82, 2.24) is 29.4 Å². The van der Waals surface area contributed by atoms with Crippen LogP contribution in [0.4, 0.5) is 9.59 Å². The Hall–Kier alpha value is -3.34. The number of piperidine rings is 2. The van der Waals surface area contributed by atoms with Gasteiger partial charge in [0.2, 0.25) is 0 Å². The molecule has 16 heteroatoms. The fourth-order valence-electron chi connectivity index (χ4n) is 6.68. The molecule has 3 aromatic rings. The fourth-order valence-corrected chi connectivity index (χ4v) is 9.00. The van der Waals surface area contributed by atoms with Gasteiger partial charge in [-0.25, -0.2) is 9.59 Å². The van der Waals surface area contributed by atoms with Crippen LogP contribution < -0.4 is 0 Å². The minimum atomic E-state index is -3.74. The molecule has 1 N–H and O–H groups in total. The minimum absolute atomic E-state index is 0.110. The lowest BCUT2D eigenvalue weighted by atomic mass is 9.98. The molecule has 2 saturated carbocycles. The first-order chi connectivity index (χ1) is 27.7. The molecule has 0 atom stereocenters. The number of nitrogens with one attached hydrogen (secondary N) is 1. The SMILES string of the molecule is Cc1ccc(S(=O)(=O)OCC2CCN(C(=O)OC(C)(C)C)CC2)cc1.Cn1[nH]c(C2CC2)cc1=S.Cn1nc(C2CC2)cc1SCC1CCN(C(=O)OC(C)(C)C)CC1. The highest BCUT2D eigenvalue weighted by Gasteiger charge is 2.30. The van der Waals surface area contributed by atoms with Crippen LogP contribution in [0.3, 0.4) is 0 Å². The number of thioether (sulfide) groups is 1. The van der Waals surface area contributed by atoms with Crippen molar-refractivity contribution in [1.29, 1.82) is 0 Å². The maximum Gasteiger partial charge on any atom is 0.410 e. The van der Waals surface area contributed by atoms with Crippen LogP contribution in [0.1, 0.15) is 122 Å². The zero-order valence-corrected chi connectivity index (χ0v) is 38.9. The number of rotatable bonds is 9. The summed E-state index contributed by atoms with van der Waals surface area (Å²) in [6.07, 6.45) is 8.26. The van der Waals surface area contributed by atoms with Gasteiger partial charge in [0.15, 0.2) is 0 Å². The van der Waals surface area contributed by atoms with Gasteiger partial charge in [0.1, 0.15) is 15.8 Å². The van der Waals surface area contributed by atoms with Crippen LogP contribution in [-0.4, -0.2) is 99.7 Å². The van der Waals surface area contributed by atoms with Gasteiger partial charge in [-0.15, -0.1) is 11.8 Å². The summed E-state index contributed by atoms with van der Waals surface area (Å²) in [7, 11) is 0.258. The molecule has 4 heterocycles. The molecule has 2 aliphatic carbocycles. The third kappa shape index (κ3) is 15.3. The standard InChI is InChI=1S/C18H29N3O2S.C18H27NO5S.C7H10N2S/c1-18(2,3)23-17(22)21-9-7-13(8-10-21)12-24-16-11-15(14-5-6-14)19-20(16)4;1-14-5-7-16(8-6-14)25(21,22)23-13-15-9-11-19(12-10-15)17(20)24-18(2,3)4;1-9-7(10)4-6(8-9)5-2-3-5/h11,13-14H,5-10,12H2,1-4H3;5-8,15H,9-13H2,1-4H3;4-5,8H,2-3H2,1H3. The second-order valence-electron chi connectivity index (χ2n) is 18.4. The third-order valence-corrected chi connectivity index (χ3v) is 13.5. The molecule has 328 valence electrons. The molecule has 0 bridgehead atoms. The van der Waals surface area contributed by atoms with Gasteiger partial charge in [-0.1, -0.05) is 29.9 Å². The number of benzene rings is 1. The molecular formula is C43H66N6O7S3. The van der Waals surface area contributed by atoms with Crippen molar-refractivity contribution < 1.29 is 31.7 Å². The second-order valence-corrected chi connectivity index (χ2v) is 21.4. The average Bonchev–Trinajstić information content (AvgIpc) is 4.11. The topological polar surface area (TPSA) is 141 Å². The van der Waals surface area contributed by atoms with E-state index in [4.69, 9.17) is 25.9 Å². The molecule has 2 aliphatic heterocycles. The van der Waals surface area contributed by atoms with Gasteiger partial charge in [0.05, 0.1) is 22.2 Å². The summed E-state index contributed by atoms with van der Waals surface area (Å²) in [5.41, 5.74) is 2.64. The highest BCUT2D eigenvalue weighted by Crippen LogP contribution is 2.41. The lowest BCUT2D eigenvalue weighted by Crippen LogP contribution is -2.42. The van der Waals surface area contributed by atoms with Crippen LogP contribution in [0.2, 0.25) is 0 Å². The molecule has 0 radical (unpaired) electrons. The molecule has 7 rings (SSSR count). The van der Waals surface area contributed by atoms with E-state index >= 15 is 0 Å². The van der Waals surface area contributed by atoms with Crippen LogP contribution >= 0.6 is 24.0 Å². The Bertz CT molecular complexity index is 2010. The van der Waals surface area contributed by atoms with E-state index in [1.165, 1.54) is 42.1 Å². The lowest BCUT2D eigenvalue weighted by molar-refractivity contribution is 0.0162. The van der Waals surface area contributed by atoms with Crippen LogP contribution in [0.25, 0.3) is 0 Å². The van der Waals surface area contributed by atoms with Crippen LogP contribution in [0, 0.1) is 23.4 Å². The Morgan fingerprint density at radius 3 is 1.76 bits per heavy atom. The minimum Gasteiger partial charge on any atom is -0.444 e. The van der Waals surface area contributed by atoms with Gasteiger partial charge in [-0.2, -0.15) is 13.5 Å². The summed E-state index contributed by atoms with van der Waals surface area (Å²) in [6, 6.07) is 10.9. The summed E-state index contributed by atoms with van der Waals surface area (Å²) >= 11 is 6.96. The maximum absolute atomic E-state index is 12.2. The van der Waals surface area contributed by atoms with E-state index in [2.05, 4.69) is 22.3 Å². The van der Waals surface area contributed by atoms with E-state index in [0.717, 1.165) is 47.8 Å². The van der Waals surface area contributed by atoms with Gasteiger partial charge in [-0.05, 0) is 136 Å². The first kappa shape index (κ1) is 46.7. The summed E-state index contributed by atoms with van der Waals surface area (Å²) in [6.45, 7) is 16.0. The predicted octanol–water partition coefficient (Wildman–Crippen LogP) is 9.34. The number of amides is 2. The number of carbonyl (C=O) groups is 2. The molecule has 0 spiro atoms. The number of aromatic nitrogens is 4. The van der Waals surface area contributed by atoms with Gasteiger partial charge in [0, 0.05) is 63.6 Å². The van der Waals surface area contributed by atoms with Gasteiger partial charge in [0.25, 0.3) is 10.1 Å². The Kier molecular flexibility index (Phi) is 15.9. The molecule has 0 unspecified atom stereocenters. The molecule has 1 aromatic carbocycles. The van der Waals surface area contributed by atoms with Crippen molar-refractivity contribution in [2.75, 3.05) is 38.5 Å². The number of hydrogen-bond acceptors (Lipinski definition) is 10. The summed E-state index contributed by atoms with van der Waals surface area (Å²) < 4.78 is 45.3. The van der Waals surface area contributed by atoms with Crippen molar-refractivity contribution in [3.8, 4) is 0 Å². The van der Waals surface area contributed by atoms with E-state index in [-0.39, 0.29) is 29.6 Å². The molecular weight excluding hydrogens is 809 g/mol. The molecule has 4 fully saturated rings. The number of likely N-dealkylation sites (tertiary alicyclic amines) is 2. The van der Waals surface area contributed by atoms with Crippen molar-refractivity contribution in [2.45, 2.75) is 133 Å². The number of carbonyl (C=O) groups excluding carboxylic acids is 2. The Morgan fingerprint density at radius 1 is 0.797 bits per heavy atom. The number of nitrogens with zero attached hydrogens (tertiary/aromatic N) is 5. The van der Waals surface area contributed by atoms with E-state index in [0.29, 0.717) is 37.8 Å². The highest BCUT2D eigenvalue weighted by molar-refractivity contribution is 7.99. The van der Waals surface area contributed by atoms with Crippen molar-refractivity contribution in [3.63, 3.8) is 0 Å². The smallest absolute Gasteiger partial charge is 0.410 e. The van der Waals surface area contributed by atoms with E-state index in [9.17, 15) is 18.0 Å². The van der Waals surface area contributed by atoms with Gasteiger partial charge >= 0.3 is 12.2 Å². The van der Waals surface area contributed by atoms with Crippen LogP contribution in [-0.2, 0) is 37.9 Å². The van der Waals surface area contributed by atoms with Crippen molar-refractivity contribution in [2.24, 2.45) is 25.9 Å². The van der Waals surface area contributed by atoms with Crippen molar-refractivity contribution in [3.05, 3.63) is 58.0 Å². The van der Waals surface area contributed by atoms with Crippen LogP contribution in [0.15, 0.2) is 46.3 Å². The van der Waals surface area contributed by atoms with Crippen LogP contribution in [0.5, 0.6) is 0 Å². The zero-order valence-electron chi connectivity index (χ0n) is 36.5. The molecule has 2 aromatic heterocycles. The predicted molar refractivity (Wildman–Crippen MR) is 234 cm³/mol. The first-order valence-corrected chi connectivity index (χ1v) is 23.8. The van der Waals surface area contributed by atoms with E-state index in [1.807, 2.05) is 88.6 Å². The zero-order chi connectivity index (χ0) is 43.1.